The van der Waals surface area contributed by atoms with E-state index in [1.807, 2.05) is 0 Å². The highest BCUT2D eigenvalue weighted by Crippen LogP contribution is 2.31. The number of amides is 1. The fourth-order valence-corrected chi connectivity index (χ4v) is 3.63. The van der Waals surface area contributed by atoms with Gasteiger partial charge in [-0.2, -0.15) is 4.68 Å². The van der Waals surface area contributed by atoms with Crippen molar-refractivity contribution in [2.75, 3.05) is 5.32 Å². The van der Waals surface area contributed by atoms with E-state index in [1.165, 1.54) is 19.1 Å². The van der Waals surface area contributed by atoms with Gasteiger partial charge in [0.2, 0.25) is 0 Å². The third kappa shape index (κ3) is 3.94. The minimum atomic E-state index is -4.81. The Balaban J connectivity index is 1.57. The highest BCUT2D eigenvalue weighted by molar-refractivity contribution is 7.22. The molecule has 0 saturated carbocycles. The maximum atomic E-state index is 12.6. The molecule has 1 amide bonds. The Morgan fingerprint density at radius 2 is 1.97 bits per heavy atom. The molecule has 2 aromatic carbocycles. The molecule has 1 unspecified atom stereocenters. The van der Waals surface area contributed by atoms with Gasteiger partial charge < -0.3 is 10.1 Å². The number of carbonyl (C=O) groups is 1. The van der Waals surface area contributed by atoms with E-state index >= 15 is 0 Å². The summed E-state index contributed by atoms with van der Waals surface area (Å²) < 4.78 is 42.3. The number of ether oxygens (including phenoxy) is 1. The number of halogens is 3. The number of benzene rings is 2. The first-order chi connectivity index (χ1) is 14.2. The van der Waals surface area contributed by atoms with Crippen LogP contribution in [0.5, 0.6) is 5.75 Å². The zero-order valence-corrected chi connectivity index (χ0v) is 16.0. The van der Waals surface area contributed by atoms with Crippen molar-refractivity contribution in [3.8, 4) is 5.75 Å². The number of rotatable bonds is 4. The lowest BCUT2D eigenvalue weighted by atomic mass is 10.2. The number of carbonyl (C=O) groups excluding carboxylic acids is 1. The third-order valence-corrected chi connectivity index (χ3v) is 5.09. The first kappa shape index (κ1) is 19.8. The first-order valence-electron chi connectivity index (χ1n) is 8.53. The number of nitrogens with zero attached hydrogens (tertiary/aromatic N) is 4. The summed E-state index contributed by atoms with van der Waals surface area (Å²) in [6.07, 6.45) is -4.81. The fraction of sp³-hybridized carbons (Fsp3) is 0.167. The summed E-state index contributed by atoms with van der Waals surface area (Å²) in [5.74, 6) is -0.963. The highest BCUT2D eigenvalue weighted by Gasteiger charge is 2.31. The van der Waals surface area contributed by atoms with Crippen molar-refractivity contribution in [3.05, 3.63) is 52.8 Å². The second-order valence-corrected chi connectivity index (χ2v) is 7.25. The molecule has 0 aliphatic carbocycles. The number of thiazole rings is 1. The van der Waals surface area contributed by atoms with Gasteiger partial charge in [-0.05, 0) is 31.2 Å². The molecule has 0 aliphatic rings. The molecular formula is C18H12F3N5O3S. The van der Waals surface area contributed by atoms with Gasteiger partial charge in [0.05, 0.1) is 15.6 Å². The van der Waals surface area contributed by atoms with Gasteiger partial charge in [0, 0.05) is 6.07 Å². The largest absolute Gasteiger partial charge is 0.573 e. The lowest BCUT2D eigenvalue weighted by Gasteiger charge is -2.12. The average Bonchev–Trinajstić information content (AvgIpc) is 3.08. The Kier molecular flexibility index (Phi) is 4.86. The van der Waals surface area contributed by atoms with Crippen molar-refractivity contribution >= 4 is 43.5 Å². The molecule has 30 heavy (non-hydrogen) atoms. The maximum Gasteiger partial charge on any atom is 0.573 e. The number of fused-ring (bicyclic) bond motifs is 2. The van der Waals surface area contributed by atoms with Crippen LogP contribution in [-0.2, 0) is 4.79 Å². The standard InChI is InChI=1S/C18H12F3N5O3S/c1-9(26-16(28)11-4-2-3-5-12(11)24-25-26)15(27)23-17-22-13-7-6-10(8-14(13)30-17)29-18(19,20)21/h2-9H,1H3,(H,22,23,27). The van der Waals surface area contributed by atoms with E-state index in [1.54, 1.807) is 24.3 Å². The Morgan fingerprint density at radius 1 is 1.20 bits per heavy atom. The highest BCUT2D eigenvalue weighted by atomic mass is 32.1. The smallest absolute Gasteiger partial charge is 0.406 e. The van der Waals surface area contributed by atoms with Crippen molar-refractivity contribution in [1.82, 2.24) is 20.0 Å². The summed E-state index contributed by atoms with van der Waals surface area (Å²) in [4.78, 5) is 29.3. The normalized spacial score (nSPS) is 12.8. The lowest BCUT2D eigenvalue weighted by Crippen LogP contribution is -2.34. The molecule has 2 heterocycles. The quantitative estimate of drug-likeness (QED) is 0.527. The van der Waals surface area contributed by atoms with Gasteiger partial charge in [0.25, 0.3) is 11.5 Å². The van der Waals surface area contributed by atoms with Crippen LogP contribution < -0.4 is 15.6 Å². The molecule has 8 nitrogen and oxygen atoms in total. The van der Waals surface area contributed by atoms with Crippen molar-refractivity contribution in [3.63, 3.8) is 0 Å². The van der Waals surface area contributed by atoms with E-state index in [0.717, 1.165) is 22.1 Å². The SMILES string of the molecule is CC(C(=O)Nc1nc2ccc(OC(F)(F)F)cc2s1)n1nnc2ccccc2c1=O. The van der Waals surface area contributed by atoms with Crippen molar-refractivity contribution < 1.29 is 22.7 Å². The zero-order valence-electron chi connectivity index (χ0n) is 15.2. The predicted molar refractivity (Wildman–Crippen MR) is 103 cm³/mol. The summed E-state index contributed by atoms with van der Waals surface area (Å²) in [6, 6.07) is 9.29. The summed E-state index contributed by atoms with van der Waals surface area (Å²) in [6.45, 7) is 1.47. The predicted octanol–water partition coefficient (Wildman–Crippen LogP) is 3.50. The van der Waals surface area contributed by atoms with Crippen molar-refractivity contribution in [2.24, 2.45) is 0 Å². The molecule has 1 atom stereocenters. The van der Waals surface area contributed by atoms with Crippen LogP contribution in [0.1, 0.15) is 13.0 Å². The third-order valence-electron chi connectivity index (χ3n) is 4.16. The van der Waals surface area contributed by atoms with E-state index in [4.69, 9.17) is 0 Å². The summed E-state index contributed by atoms with van der Waals surface area (Å²) in [7, 11) is 0. The van der Waals surface area contributed by atoms with Crippen LogP contribution >= 0.6 is 11.3 Å². The van der Waals surface area contributed by atoms with Crippen LogP contribution in [0, 0.1) is 0 Å². The van der Waals surface area contributed by atoms with Gasteiger partial charge >= 0.3 is 6.36 Å². The average molecular weight is 435 g/mol. The molecule has 0 bridgehead atoms. The first-order valence-corrected chi connectivity index (χ1v) is 9.34. The molecule has 1 N–H and O–H groups in total. The van der Waals surface area contributed by atoms with Gasteiger partial charge in [-0.15, -0.1) is 18.3 Å². The molecule has 0 aliphatic heterocycles. The monoisotopic (exact) mass is 435 g/mol. The number of aromatic nitrogens is 4. The summed E-state index contributed by atoms with van der Waals surface area (Å²) >= 11 is 0.971. The van der Waals surface area contributed by atoms with Crippen LogP contribution in [0.4, 0.5) is 18.3 Å². The van der Waals surface area contributed by atoms with E-state index in [-0.39, 0.29) is 10.9 Å². The van der Waals surface area contributed by atoms with Gasteiger partial charge in [0.15, 0.2) is 5.13 Å². The summed E-state index contributed by atoms with van der Waals surface area (Å²) in [5.41, 5.74) is 0.330. The number of anilines is 1. The van der Waals surface area contributed by atoms with Crippen molar-refractivity contribution in [2.45, 2.75) is 19.3 Å². The maximum absolute atomic E-state index is 12.6. The van der Waals surface area contributed by atoms with Crippen LogP contribution in [0.15, 0.2) is 47.3 Å². The minimum absolute atomic E-state index is 0.160. The molecule has 0 spiro atoms. The molecular weight excluding hydrogens is 423 g/mol. The Labute approximate surface area is 169 Å². The van der Waals surface area contributed by atoms with Gasteiger partial charge in [0.1, 0.15) is 17.3 Å². The molecule has 0 radical (unpaired) electrons. The topological polar surface area (TPSA) is 99.0 Å². The minimum Gasteiger partial charge on any atom is -0.406 e. The van der Waals surface area contributed by atoms with Gasteiger partial charge in [-0.3, -0.25) is 9.59 Å². The molecule has 0 fully saturated rings. The second-order valence-electron chi connectivity index (χ2n) is 6.22. The fourth-order valence-electron chi connectivity index (χ4n) is 2.73. The van der Waals surface area contributed by atoms with Gasteiger partial charge in [-0.25, -0.2) is 4.98 Å². The van der Waals surface area contributed by atoms with E-state index in [9.17, 15) is 22.8 Å². The van der Waals surface area contributed by atoms with Crippen LogP contribution in [0.3, 0.4) is 0 Å². The van der Waals surface area contributed by atoms with E-state index in [2.05, 4.69) is 25.3 Å². The van der Waals surface area contributed by atoms with E-state index < -0.39 is 23.9 Å². The number of hydrogen-bond donors (Lipinski definition) is 1. The molecule has 12 heteroatoms. The molecule has 2 aromatic heterocycles. The number of alkyl halides is 3. The number of nitrogens with one attached hydrogen (secondary N) is 1. The lowest BCUT2D eigenvalue weighted by molar-refractivity contribution is -0.274. The Bertz CT molecular complexity index is 1320. The molecule has 154 valence electrons. The van der Waals surface area contributed by atoms with Crippen molar-refractivity contribution in [1.29, 1.82) is 0 Å². The second kappa shape index (κ2) is 7.37. The van der Waals surface area contributed by atoms with Crippen LogP contribution in [0.2, 0.25) is 0 Å². The van der Waals surface area contributed by atoms with Crippen LogP contribution in [0.25, 0.3) is 21.1 Å². The Hall–Kier alpha value is -3.54. The van der Waals surface area contributed by atoms with E-state index in [0.29, 0.717) is 21.1 Å². The summed E-state index contributed by atoms with van der Waals surface area (Å²) in [5, 5.41) is 10.8. The Morgan fingerprint density at radius 3 is 2.73 bits per heavy atom. The molecule has 4 aromatic rings. The number of hydrogen-bond acceptors (Lipinski definition) is 7. The van der Waals surface area contributed by atoms with Gasteiger partial charge in [-0.1, -0.05) is 28.7 Å². The zero-order chi connectivity index (χ0) is 21.5. The van der Waals surface area contributed by atoms with Crippen LogP contribution in [-0.4, -0.2) is 32.2 Å². The molecule has 4 rings (SSSR count). The molecule has 0 saturated heterocycles.